The first-order chi connectivity index (χ1) is 4.97. The summed E-state index contributed by atoms with van der Waals surface area (Å²) in [4.78, 5) is 0. The number of hydrogen-bond acceptors (Lipinski definition) is 0. The number of rotatable bonds is 0. The molecule has 0 aromatic heterocycles. The zero-order valence-corrected chi connectivity index (χ0v) is 6.81. The van der Waals surface area contributed by atoms with Gasteiger partial charge in [-0.05, 0) is 11.8 Å². The van der Waals surface area contributed by atoms with Gasteiger partial charge in [0.15, 0.2) is 0 Å². The molecule has 0 aromatic carbocycles. The SMILES string of the molecule is C1CCC2CCCCC2C1.[NaH]. The van der Waals surface area contributed by atoms with Crippen LogP contribution in [0.5, 0.6) is 0 Å². The fourth-order valence-corrected chi connectivity index (χ4v) is 2.86. The van der Waals surface area contributed by atoms with E-state index in [1.165, 1.54) is 25.7 Å². The molecule has 1 heteroatoms. The van der Waals surface area contributed by atoms with Crippen molar-refractivity contribution in [2.24, 2.45) is 11.8 Å². The molecule has 0 unspecified atom stereocenters. The van der Waals surface area contributed by atoms with Gasteiger partial charge in [0.25, 0.3) is 0 Å². The predicted octanol–water partition coefficient (Wildman–Crippen LogP) is 2.72. The van der Waals surface area contributed by atoms with Crippen molar-refractivity contribution in [3.8, 4) is 0 Å². The third kappa shape index (κ3) is 2.47. The molecule has 0 aliphatic heterocycles. The van der Waals surface area contributed by atoms with Crippen molar-refractivity contribution in [2.75, 3.05) is 0 Å². The van der Waals surface area contributed by atoms with E-state index in [1.807, 2.05) is 0 Å². The second kappa shape index (κ2) is 4.89. The predicted molar refractivity (Wildman–Crippen MR) is 51.1 cm³/mol. The summed E-state index contributed by atoms with van der Waals surface area (Å²) in [5.41, 5.74) is 0. The third-order valence-electron chi connectivity index (χ3n) is 3.47. The molecule has 60 valence electrons. The molecule has 2 fully saturated rings. The van der Waals surface area contributed by atoms with Crippen LogP contribution in [-0.4, -0.2) is 29.6 Å². The molecule has 0 atom stereocenters. The van der Waals surface area contributed by atoms with Gasteiger partial charge >= 0.3 is 29.6 Å². The first-order valence-electron chi connectivity index (χ1n) is 4.97. The second-order valence-corrected chi connectivity index (χ2v) is 4.09. The van der Waals surface area contributed by atoms with E-state index in [4.69, 9.17) is 0 Å². The minimum atomic E-state index is 0. The summed E-state index contributed by atoms with van der Waals surface area (Å²) in [6.07, 6.45) is 12.4. The van der Waals surface area contributed by atoms with E-state index in [1.54, 1.807) is 25.7 Å². The van der Waals surface area contributed by atoms with Crippen LogP contribution in [0.15, 0.2) is 0 Å². The summed E-state index contributed by atoms with van der Waals surface area (Å²) in [7, 11) is 0. The maximum absolute atomic E-state index is 1.56. The van der Waals surface area contributed by atoms with E-state index in [2.05, 4.69) is 0 Å². The number of fused-ring (bicyclic) bond motifs is 1. The topological polar surface area (TPSA) is 0 Å². The van der Waals surface area contributed by atoms with Crippen molar-refractivity contribution in [3.63, 3.8) is 0 Å². The monoisotopic (exact) mass is 162 g/mol. The quantitative estimate of drug-likeness (QED) is 0.480. The van der Waals surface area contributed by atoms with E-state index in [-0.39, 0.29) is 29.6 Å². The molecule has 2 aliphatic carbocycles. The van der Waals surface area contributed by atoms with Crippen LogP contribution < -0.4 is 0 Å². The van der Waals surface area contributed by atoms with Crippen LogP contribution >= 0.6 is 0 Å². The van der Waals surface area contributed by atoms with Gasteiger partial charge in [-0.1, -0.05) is 51.4 Å². The molecule has 0 saturated heterocycles. The Bertz CT molecular complexity index is 85.4. The van der Waals surface area contributed by atoms with Crippen LogP contribution in [0.3, 0.4) is 0 Å². The van der Waals surface area contributed by atoms with Crippen LogP contribution in [0.25, 0.3) is 0 Å². The van der Waals surface area contributed by atoms with Gasteiger partial charge in [0, 0.05) is 0 Å². The Balaban J connectivity index is 0.000000605. The molecule has 2 saturated carbocycles. The van der Waals surface area contributed by atoms with Gasteiger partial charge in [-0.3, -0.25) is 0 Å². The standard InChI is InChI=1S/C10H18.Na.H/c1-2-6-10-8-4-3-7-9(10)5-1;;/h9-10H,1-8H2;;. The van der Waals surface area contributed by atoms with Crippen molar-refractivity contribution in [1.29, 1.82) is 0 Å². The molecule has 0 N–H and O–H groups in total. The average molecular weight is 162 g/mol. The molecule has 0 amide bonds. The van der Waals surface area contributed by atoms with Crippen LogP contribution in [0, 0.1) is 11.8 Å². The fourth-order valence-electron chi connectivity index (χ4n) is 2.86. The Morgan fingerprint density at radius 3 is 1.09 bits per heavy atom. The Morgan fingerprint density at radius 1 is 0.545 bits per heavy atom. The molecule has 2 aliphatic rings. The van der Waals surface area contributed by atoms with E-state index >= 15 is 0 Å². The van der Waals surface area contributed by atoms with Gasteiger partial charge in [0.05, 0.1) is 0 Å². The molecule has 0 spiro atoms. The van der Waals surface area contributed by atoms with Crippen molar-refractivity contribution < 1.29 is 0 Å². The second-order valence-electron chi connectivity index (χ2n) is 4.09. The summed E-state index contributed by atoms with van der Waals surface area (Å²) < 4.78 is 0. The van der Waals surface area contributed by atoms with Crippen LogP contribution in [0.1, 0.15) is 51.4 Å². The molecular weight excluding hydrogens is 143 g/mol. The molecular formula is C10H19Na. The first kappa shape index (κ1) is 10.1. The minimum absolute atomic E-state index is 0. The normalized spacial score (nSPS) is 37.1. The molecule has 0 aromatic rings. The maximum atomic E-state index is 1.56. The van der Waals surface area contributed by atoms with Crippen molar-refractivity contribution in [3.05, 3.63) is 0 Å². The molecule has 11 heavy (non-hydrogen) atoms. The van der Waals surface area contributed by atoms with Crippen molar-refractivity contribution in [2.45, 2.75) is 51.4 Å². The van der Waals surface area contributed by atoms with Crippen LogP contribution in [-0.2, 0) is 0 Å². The molecule has 0 heterocycles. The Labute approximate surface area is 92.4 Å². The van der Waals surface area contributed by atoms with Gasteiger partial charge in [-0.2, -0.15) is 0 Å². The summed E-state index contributed by atoms with van der Waals surface area (Å²) in [5.74, 6) is 2.31. The van der Waals surface area contributed by atoms with Crippen LogP contribution in [0.4, 0.5) is 0 Å². The van der Waals surface area contributed by atoms with E-state index < -0.39 is 0 Å². The Morgan fingerprint density at radius 2 is 0.818 bits per heavy atom. The Kier molecular flexibility index (Phi) is 4.48. The molecule has 0 bridgehead atoms. The van der Waals surface area contributed by atoms with Gasteiger partial charge in [0.2, 0.25) is 0 Å². The van der Waals surface area contributed by atoms with Gasteiger partial charge in [0.1, 0.15) is 0 Å². The summed E-state index contributed by atoms with van der Waals surface area (Å²) in [6.45, 7) is 0. The van der Waals surface area contributed by atoms with Crippen molar-refractivity contribution in [1.82, 2.24) is 0 Å². The zero-order valence-electron chi connectivity index (χ0n) is 6.81. The summed E-state index contributed by atoms with van der Waals surface area (Å²) >= 11 is 0. The van der Waals surface area contributed by atoms with E-state index in [9.17, 15) is 0 Å². The van der Waals surface area contributed by atoms with Gasteiger partial charge < -0.3 is 0 Å². The van der Waals surface area contributed by atoms with E-state index in [0.717, 1.165) is 11.8 Å². The third-order valence-corrected chi connectivity index (χ3v) is 3.47. The van der Waals surface area contributed by atoms with Crippen LogP contribution in [0.2, 0.25) is 0 Å². The van der Waals surface area contributed by atoms with Crippen molar-refractivity contribution >= 4 is 29.6 Å². The van der Waals surface area contributed by atoms with E-state index in [0.29, 0.717) is 0 Å². The molecule has 2 rings (SSSR count). The summed E-state index contributed by atoms with van der Waals surface area (Å²) in [6, 6.07) is 0. The Hall–Kier alpha value is 1.00. The zero-order chi connectivity index (χ0) is 6.81. The molecule has 0 nitrogen and oxygen atoms in total. The van der Waals surface area contributed by atoms with Gasteiger partial charge in [-0.25, -0.2) is 0 Å². The molecule has 0 radical (unpaired) electrons. The average Bonchev–Trinajstić information content (AvgIpc) is 2.05. The summed E-state index contributed by atoms with van der Waals surface area (Å²) in [5, 5.41) is 0. The number of hydrogen-bond donors (Lipinski definition) is 0. The fraction of sp³-hybridized carbons (Fsp3) is 1.00. The first-order valence-corrected chi connectivity index (χ1v) is 4.97. The van der Waals surface area contributed by atoms with Gasteiger partial charge in [-0.15, -0.1) is 0 Å².